The zero-order valence-corrected chi connectivity index (χ0v) is 52.5. The summed E-state index contributed by atoms with van der Waals surface area (Å²) in [5.74, 6) is 8.14. The summed E-state index contributed by atoms with van der Waals surface area (Å²) in [6.45, 7) is 37.6. The summed E-state index contributed by atoms with van der Waals surface area (Å²) < 4.78 is 15.5. The van der Waals surface area contributed by atoms with Crippen LogP contribution in [-0.2, 0) is 14.2 Å². The summed E-state index contributed by atoms with van der Waals surface area (Å²) in [6, 6.07) is 0.571. The molecule has 9 fully saturated rings. The molecule has 10 aliphatic carbocycles. The van der Waals surface area contributed by atoms with Crippen LogP contribution in [0.2, 0.25) is 5.82 Å². The van der Waals surface area contributed by atoms with Gasteiger partial charge in [0.15, 0.2) is 0 Å². The summed E-state index contributed by atoms with van der Waals surface area (Å²) in [7, 11) is 6.36. The van der Waals surface area contributed by atoms with E-state index in [4.69, 9.17) is 27.8 Å². The maximum atomic E-state index is 11.5. The topological polar surface area (TPSA) is 202 Å². The number of fused-ring (bicyclic) bond motifs is 5. The van der Waals surface area contributed by atoms with Crippen molar-refractivity contribution < 1.29 is 43.9 Å². The summed E-state index contributed by atoms with van der Waals surface area (Å²) in [5, 5.41) is 37.2. The number of rotatable bonds is 4. The fourth-order valence-corrected chi connectivity index (χ4v) is 14.2. The maximum Gasteiger partial charge on any atom is 0.407 e. The molecule has 0 aromatic rings. The van der Waals surface area contributed by atoms with E-state index in [9.17, 15) is 29.7 Å². The number of aliphatic hydroxyl groups is 3. The Morgan fingerprint density at radius 3 is 1.29 bits per heavy atom. The van der Waals surface area contributed by atoms with E-state index in [0.29, 0.717) is 47.2 Å². The molecule has 8 N–H and O–H groups in total. The van der Waals surface area contributed by atoms with Crippen molar-refractivity contribution in [2.45, 2.75) is 300 Å². The highest BCUT2D eigenvalue weighted by Gasteiger charge is 2.66. The van der Waals surface area contributed by atoms with Crippen molar-refractivity contribution in [3.05, 3.63) is 11.6 Å². The van der Waals surface area contributed by atoms with E-state index in [1.165, 1.54) is 31.3 Å². The Bertz CT molecular complexity index is 1830. The lowest BCUT2D eigenvalue weighted by Gasteiger charge is -2.72. The average molecular weight is 1120 g/mol. The van der Waals surface area contributed by atoms with Gasteiger partial charge in [-0.2, -0.15) is 0 Å². The first-order chi connectivity index (χ1) is 34.9. The van der Waals surface area contributed by atoms with E-state index in [2.05, 4.69) is 70.5 Å². The van der Waals surface area contributed by atoms with Crippen LogP contribution in [0.25, 0.3) is 0 Å². The molecule has 13 nitrogen and oxygen atoms in total. The minimum absolute atomic E-state index is 0. The predicted octanol–water partition coefficient (Wildman–Crippen LogP) is 13.6. The van der Waals surface area contributed by atoms with E-state index in [0.717, 1.165) is 106 Å². The molecule has 15 heteroatoms. The van der Waals surface area contributed by atoms with Gasteiger partial charge in [-0.15, -0.1) is 12.4 Å². The van der Waals surface area contributed by atoms with Gasteiger partial charge in [-0.05, 0) is 236 Å². The van der Waals surface area contributed by atoms with Gasteiger partial charge >= 0.3 is 18.3 Å². The number of alkyl carbamates (subject to hydrolysis) is 3. The highest BCUT2D eigenvalue weighted by Crippen LogP contribution is 2.74. The molecule has 0 aliphatic heterocycles. The van der Waals surface area contributed by atoms with Crippen LogP contribution in [0.5, 0.6) is 0 Å². The number of hydrogen-bond donors (Lipinski definition) is 7. The predicted molar refractivity (Wildman–Crippen MR) is 322 cm³/mol. The van der Waals surface area contributed by atoms with Crippen molar-refractivity contribution in [2.75, 3.05) is 0 Å². The van der Waals surface area contributed by atoms with Crippen molar-refractivity contribution in [1.82, 2.24) is 16.0 Å². The SMILES string of the molecule is C.CC1=CC[C@H](NC(=O)OC(C)(C)C)CC1.C[C@@H]1CC[C@@H](N)C[C@H]1O.C[C@@H]1CC[C@@H](NC(=O)OC(C)(C)C)C[C@H]1O.C[C@H]1CC[C@@H](NC(=O)OC(C)(C)C)C[C@@H]1O.Cl.[B][C@H]1C[C@H]2C[C@@H]([C@@H]1C)C2(C)[C@H]1C[C@H]2C[C@@H]([C@@H]1C)C2(C)C. The number of halogens is 1. The minimum Gasteiger partial charge on any atom is -0.444 e. The van der Waals surface area contributed by atoms with Crippen molar-refractivity contribution >= 4 is 38.5 Å². The number of carbonyl (C=O) groups excluding carboxylic acids is 3. The second kappa shape index (κ2) is 29.8. The third-order valence-electron chi connectivity index (χ3n) is 19.5. The lowest BCUT2D eigenvalue weighted by molar-refractivity contribution is -0.227. The van der Waals surface area contributed by atoms with Gasteiger partial charge in [-0.25, -0.2) is 14.4 Å². The van der Waals surface area contributed by atoms with Crippen LogP contribution in [0.4, 0.5) is 14.4 Å². The Hall–Kier alpha value is -2.26. The molecule has 0 spiro atoms. The van der Waals surface area contributed by atoms with Gasteiger partial charge in [-0.3, -0.25) is 0 Å². The summed E-state index contributed by atoms with van der Waals surface area (Å²) in [5.41, 5.74) is 6.95. The van der Waals surface area contributed by atoms with Crippen LogP contribution in [-0.4, -0.2) is 101 Å². The first-order valence-corrected chi connectivity index (χ1v) is 30.1. The smallest absolute Gasteiger partial charge is 0.407 e. The highest BCUT2D eigenvalue weighted by atomic mass is 35.5. The standard InChI is InChI=1S/C19H31B.2C12H23NO3.C12H21NO2.C7H15NO.CH4.ClH/c1-10-14-6-12(18(14,3)4)7-15(10)19(5)13-8-16(19)11(2)17(20)9-13;2*1-8-5-6-9(7-10(8)14)13-11(15)16-12(2,3)4;1-9-5-7-10(8-6-9)13-11(14)15-12(2,3)4;1-5-2-3-6(8)4-7(5)9;;/h10-17H,6-9H2,1-5H3;2*8-10,14H,5-7H2,1-4H3,(H,13,15);5,10H,6-8H2,1-4H3,(H,13,14);5-7,9H,2-4,8H2,1H3;1H4;1H/t10-,11-,12+,13+,14-,15-,16-,17-,19?;8-,9+,10-;8-,9-,10-;10-;5-,6-,7-;;/m00101../s1. The molecule has 10 rings (SSSR count). The van der Waals surface area contributed by atoms with E-state index >= 15 is 0 Å². The number of nitrogens with two attached hydrogens (primary N) is 1. The first kappa shape index (κ1) is 71.8. The fraction of sp³-hybridized carbons (Fsp3) is 0.921. The van der Waals surface area contributed by atoms with Crippen LogP contribution in [0.1, 0.15) is 235 Å². The number of amides is 3. The van der Waals surface area contributed by atoms with Gasteiger partial charge in [0.25, 0.3) is 0 Å². The lowest BCUT2D eigenvalue weighted by atomic mass is 9.32. The Balaban J connectivity index is 0.000000337. The fourth-order valence-electron chi connectivity index (χ4n) is 14.2. The molecule has 0 aromatic heterocycles. The van der Waals surface area contributed by atoms with Gasteiger partial charge in [-0.1, -0.05) is 86.7 Å². The normalized spacial score (nSPS) is 38.3. The van der Waals surface area contributed by atoms with Crippen molar-refractivity contribution in [3.63, 3.8) is 0 Å². The Kier molecular flexibility index (Phi) is 27.5. The molecule has 1 unspecified atom stereocenters. The van der Waals surface area contributed by atoms with Crippen LogP contribution in [0, 0.1) is 70.0 Å². The minimum atomic E-state index is -0.468. The Morgan fingerprint density at radius 2 is 0.949 bits per heavy atom. The monoisotopic (exact) mass is 1120 g/mol. The molecule has 3 amide bonds. The third kappa shape index (κ3) is 21.2. The maximum absolute atomic E-state index is 11.5. The molecule has 10 aliphatic rings. The Labute approximate surface area is 483 Å². The number of allylic oxidation sites excluding steroid dienone is 1. The van der Waals surface area contributed by atoms with Gasteiger partial charge in [0.2, 0.25) is 0 Å². The van der Waals surface area contributed by atoms with Crippen LogP contribution in [0.15, 0.2) is 11.6 Å². The highest BCUT2D eigenvalue weighted by molar-refractivity contribution is 6.12. The van der Waals surface area contributed by atoms with Crippen molar-refractivity contribution in [2.24, 2.45) is 75.7 Å². The quantitative estimate of drug-likeness (QED) is 0.0807. The molecule has 0 aromatic carbocycles. The zero-order valence-electron chi connectivity index (χ0n) is 51.6. The molecule has 19 atom stereocenters. The van der Waals surface area contributed by atoms with Gasteiger partial charge in [0, 0.05) is 24.2 Å². The second-order valence-corrected chi connectivity index (χ2v) is 29.4. The molecular formula is C63H118BClN4O9. The summed E-state index contributed by atoms with van der Waals surface area (Å²) in [4.78, 5) is 34.5. The molecule has 0 heterocycles. The number of hydrogen-bond acceptors (Lipinski definition) is 10. The van der Waals surface area contributed by atoms with Crippen LogP contribution >= 0.6 is 12.4 Å². The largest absolute Gasteiger partial charge is 0.444 e. The lowest BCUT2D eigenvalue weighted by Crippen LogP contribution is -2.65. The molecule has 78 heavy (non-hydrogen) atoms. The number of nitrogens with one attached hydrogen (secondary N) is 3. The number of ether oxygens (including phenoxy) is 3. The summed E-state index contributed by atoms with van der Waals surface area (Å²) >= 11 is 0. The zero-order chi connectivity index (χ0) is 57.5. The van der Waals surface area contributed by atoms with Crippen LogP contribution in [0.3, 0.4) is 0 Å². The Morgan fingerprint density at radius 1 is 0.564 bits per heavy atom. The van der Waals surface area contributed by atoms with Crippen molar-refractivity contribution in [3.8, 4) is 0 Å². The van der Waals surface area contributed by atoms with Gasteiger partial charge in [0.1, 0.15) is 16.8 Å². The van der Waals surface area contributed by atoms with E-state index < -0.39 is 16.8 Å². The number of carbonyl (C=O) groups is 3. The molecule has 9 saturated carbocycles. The summed E-state index contributed by atoms with van der Waals surface area (Å²) in [6.07, 6.45) is 17.1. The van der Waals surface area contributed by atoms with E-state index in [1.54, 1.807) is 0 Å². The van der Waals surface area contributed by atoms with E-state index in [-0.39, 0.29) is 80.6 Å². The average Bonchev–Trinajstić information content (AvgIpc) is 3.27. The van der Waals surface area contributed by atoms with Gasteiger partial charge in [0.05, 0.1) is 26.2 Å². The molecule has 4 bridgehead atoms. The van der Waals surface area contributed by atoms with Crippen LogP contribution < -0.4 is 21.7 Å². The second-order valence-electron chi connectivity index (χ2n) is 29.4. The molecule has 2 radical (unpaired) electrons. The molecule has 0 saturated heterocycles. The third-order valence-corrected chi connectivity index (χ3v) is 19.5. The van der Waals surface area contributed by atoms with Crippen molar-refractivity contribution in [1.29, 1.82) is 0 Å². The molecular weight excluding hydrogens is 1000 g/mol. The number of aliphatic hydroxyl groups excluding tert-OH is 3. The van der Waals surface area contributed by atoms with Gasteiger partial charge < -0.3 is 51.2 Å². The van der Waals surface area contributed by atoms with E-state index in [1.807, 2.05) is 76.2 Å². The first-order valence-electron chi connectivity index (χ1n) is 30.1. The molecule has 454 valence electrons.